The molecular weight excluding hydrogens is 484 g/mol. The third-order valence-corrected chi connectivity index (χ3v) is 5.75. The zero-order valence-corrected chi connectivity index (χ0v) is 20.5. The topological polar surface area (TPSA) is 104 Å². The summed E-state index contributed by atoms with van der Waals surface area (Å²) in [6.07, 6.45) is 0. The van der Waals surface area contributed by atoms with Crippen LogP contribution in [0.25, 0.3) is 22.1 Å². The molecule has 3 heterocycles. The second-order valence-electron chi connectivity index (χ2n) is 8.26. The third kappa shape index (κ3) is 6.53. The van der Waals surface area contributed by atoms with Crippen molar-refractivity contribution < 1.29 is 42.3 Å². The van der Waals surface area contributed by atoms with Gasteiger partial charge in [-0.15, -0.1) is 0 Å². The molecule has 0 fully saturated rings. The summed E-state index contributed by atoms with van der Waals surface area (Å²) in [5, 5.41) is 0.691. The summed E-state index contributed by atoms with van der Waals surface area (Å²) in [7, 11) is 0. The van der Waals surface area contributed by atoms with Crippen molar-refractivity contribution in [2.24, 2.45) is 0 Å². The highest BCUT2D eigenvalue weighted by Crippen LogP contribution is 2.38. The normalized spacial score (nSPS) is 18.1. The SMILES string of the molecule is O=c1oc2c3c(ccc2cc1-c1ccc2c(c1)OCCOCCOCCO2)OCCOCCOCCO3. The van der Waals surface area contributed by atoms with Crippen molar-refractivity contribution in [3.8, 4) is 34.1 Å². The standard InChI is InChI=1S/C27H30O10/c28-27-21(19-1-3-22-24(18-19)35-15-11-31-6-5-29-9-13-33-22)17-20-2-4-23-26(25(20)37-27)36-16-12-32-8-7-30-10-14-34-23/h1-4,17-18H,5-16H2. The predicted molar refractivity (Wildman–Crippen MR) is 133 cm³/mol. The first kappa shape index (κ1) is 25.3. The van der Waals surface area contributed by atoms with E-state index >= 15 is 0 Å². The minimum absolute atomic E-state index is 0.276. The molecule has 2 aromatic carbocycles. The molecule has 10 heteroatoms. The summed E-state index contributed by atoms with van der Waals surface area (Å²) in [4.78, 5) is 13.2. The Labute approximate surface area is 213 Å². The Bertz CT molecular complexity index is 1240. The van der Waals surface area contributed by atoms with Crippen LogP contribution in [0.3, 0.4) is 0 Å². The predicted octanol–water partition coefficient (Wildman–Crippen LogP) is 3.07. The van der Waals surface area contributed by atoms with Crippen LogP contribution in [-0.2, 0) is 18.9 Å². The van der Waals surface area contributed by atoms with Crippen LogP contribution in [-0.4, -0.2) is 79.3 Å². The van der Waals surface area contributed by atoms with Crippen molar-refractivity contribution in [2.75, 3.05) is 79.3 Å². The van der Waals surface area contributed by atoms with Crippen molar-refractivity contribution >= 4 is 11.0 Å². The molecule has 0 atom stereocenters. The van der Waals surface area contributed by atoms with Gasteiger partial charge in [0.2, 0.25) is 5.75 Å². The number of hydrogen-bond donors (Lipinski definition) is 0. The molecule has 0 bridgehead atoms. The van der Waals surface area contributed by atoms with E-state index in [1.165, 1.54) is 0 Å². The highest BCUT2D eigenvalue weighted by molar-refractivity contribution is 5.88. The maximum absolute atomic E-state index is 13.2. The van der Waals surface area contributed by atoms with E-state index in [1.54, 1.807) is 30.3 Å². The molecule has 0 unspecified atom stereocenters. The third-order valence-electron chi connectivity index (χ3n) is 5.75. The Morgan fingerprint density at radius 1 is 0.514 bits per heavy atom. The van der Waals surface area contributed by atoms with E-state index in [2.05, 4.69) is 0 Å². The van der Waals surface area contributed by atoms with Gasteiger partial charge in [-0.2, -0.15) is 0 Å². The molecule has 0 aliphatic carbocycles. The minimum atomic E-state index is -0.513. The zero-order valence-electron chi connectivity index (χ0n) is 20.5. The van der Waals surface area contributed by atoms with Gasteiger partial charge < -0.3 is 42.3 Å². The van der Waals surface area contributed by atoms with Crippen LogP contribution in [0.2, 0.25) is 0 Å². The average molecular weight is 515 g/mol. The van der Waals surface area contributed by atoms with Gasteiger partial charge in [-0.05, 0) is 35.9 Å². The van der Waals surface area contributed by atoms with Crippen LogP contribution in [0, 0.1) is 0 Å². The Hall–Kier alpha value is -3.31. The Morgan fingerprint density at radius 3 is 1.73 bits per heavy atom. The second-order valence-corrected chi connectivity index (χ2v) is 8.26. The molecule has 2 aliphatic rings. The fourth-order valence-electron chi connectivity index (χ4n) is 3.98. The maximum atomic E-state index is 13.2. The van der Waals surface area contributed by atoms with E-state index < -0.39 is 5.63 Å². The number of ether oxygens (including phenoxy) is 8. The van der Waals surface area contributed by atoms with Crippen LogP contribution in [0.15, 0.2) is 45.6 Å². The molecule has 1 aromatic heterocycles. The van der Waals surface area contributed by atoms with Gasteiger partial charge in [0.05, 0.1) is 58.4 Å². The van der Waals surface area contributed by atoms with Crippen LogP contribution < -0.4 is 24.6 Å². The van der Waals surface area contributed by atoms with Crippen molar-refractivity contribution in [2.45, 2.75) is 0 Å². The van der Waals surface area contributed by atoms with Crippen LogP contribution in [0.4, 0.5) is 0 Å². The zero-order chi connectivity index (χ0) is 25.3. The molecule has 2 aliphatic heterocycles. The van der Waals surface area contributed by atoms with Gasteiger partial charge in [0.15, 0.2) is 22.8 Å². The molecule has 0 N–H and O–H groups in total. The van der Waals surface area contributed by atoms with Crippen LogP contribution in [0.1, 0.15) is 0 Å². The van der Waals surface area contributed by atoms with Gasteiger partial charge >= 0.3 is 5.63 Å². The van der Waals surface area contributed by atoms with Gasteiger partial charge in [-0.1, -0.05) is 6.07 Å². The van der Waals surface area contributed by atoms with Crippen molar-refractivity contribution in [3.05, 3.63) is 46.8 Å². The Morgan fingerprint density at radius 2 is 1.05 bits per heavy atom. The molecule has 37 heavy (non-hydrogen) atoms. The van der Waals surface area contributed by atoms with E-state index in [4.69, 9.17) is 42.3 Å². The monoisotopic (exact) mass is 514 g/mol. The number of hydrogen-bond acceptors (Lipinski definition) is 10. The summed E-state index contributed by atoms with van der Waals surface area (Å²) in [6, 6.07) is 10.7. The number of rotatable bonds is 1. The first-order valence-corrected chi connectivity index (χ1v) is 12.4. The second kappa shape index (κ2) is 12.8. The lowest BCUT2D eigenvalue weighted by Gasteiger charge is -2.17. The molecular formula is C27H30O10. The number of benzene rings is 2. The van der Waals surface area contributed by atoms with E-state index in [0.717, 1.165) is 0 Å². The van der Waals surface area contributed by atoms with E-state index in [0.29, 0.717) is 118 Å². The Balaban J connectivity index is 1.46. The van der Waals surface area contributed by atoms with Crippen molar-refractivity contribution in [1.82, 2.24) is 0 Å². The highest BCUT2D eigenvalue weighted by atomic mass is 16.6. The first-order valence-electron chi connectivity index (χ1n) is 12.4. The number of fused-ring (bicyclic) bond motifs is 4. The van der Waals surface area contributed by atoms with E-state index in [9.17, 15) is 4.79 Å². The summed E-state index contributed by atoms with van der Waals surface area (Å²) in [5.74, 6) is 1.92. The van der Waals surface area contributed by atoms with Crippen molar-refractivity contribution in [3.63, 3.8) is 0 Å². The maximum Gasteiger partial charge on any atom is 0.344 e. The lowest BCUT2D eigenvalue weighted by atomic mass is 10.0. The van der Waals surface area contributed by atoms with Gasteiger partial charge in [0, 0.05) is 5.39 Å². The lowest BCUT2D eigenvalue weighted by molar-refractivity contribution is 0.0223. The molecule has 0 saturated carbocycles. The van der Waals surface area contributed by atoms with E-state index in [1.807, 2.05) is 6.07 Å². The van der Waals surface area contributed by atoms with Gasteiger partial charge in [0.25, 0.3) is 0 Å². The fraction of sp³-hybridized carbons (Fsp3) is 0.444. The van der Waals surface area contributed by atoms with Crippen LogP contribution in [0.5, 0.6) is 23.0 Å². The molecule has 0 saturated heterocycles. The molecule has 0 radical (unpaired) electrons. The van der Waals surface area contributed by atoms with Gasteiger partial charge in [-0.3, -0.25) is 0 Å². The summed E-state index contributed by atoms with van der Waals surface area (Å²) < 4.78 is 51.3. The average Bonchev–Trinajstić information content (AvgIpc) is 2.89. The van der Waals surface area contributed by atoms with Crippen LogP contribution >= 0.6 is 0 Å². The van der Waals surface area contributed by atoms with E-state index in [-0.39, 0.29) is 6.61 Å². The highest BCUT2D eigenvalue weighted by Gasteiger charge is 2.18. The smallest absolute Gasteiger partial charge is 0.344 e. The summed E-state index contributed by atoms with van der Waals surface area (Å²) in [5.41, 5.74) is 0.821. The fourth-order valence-corrected chi connectivity index (χ4v) is 3.98. The lowest BCUT2D eigenvalue weighted by Crippen LogP contribution is -2.16. The first-order chi connectivity index (χ1) is 18.3. The summed E-state index contributed by atoms with van der Waals surface area (Å²) >= 11 is 0. The molecule has 10 nitrogen and oxygen atoms in total. The molecule has 0 spiro atoms. The minimum Gasteiger partial charge on any atom is -0.487 e. The largest absolute Gasteiger partial charge is 0.487 e. The molecule has 198 valence electrons. The molecule has 5 rings (SSSR count). The Kier molecular flexibility index (Phi) is 8.75. The summed E-state index contributed by atoms with van der Waals surface area (Å²) in [6.45, 7) is 4.92. The van der Waals surface area contributed by atoms with Crippen molar-refractivity contribution in [1.29, 1.82) is 0 Å². The van der Waals surface area contributed by atoms with Gasteiger partial charge in [-0.25, -0.2) is 4.79 Å². The molecule has 3 aromatic rings. The van der Waals surface area contributed by atoms with Gasteiger partial charge in [0.1, 0.15) is 26.4 Å². The quantitative estimate of drug-likeness (QED) is 0.450. The molecule has 0 amide bonds.